The number of amides is 1. The maximum Gasteiger partial charge on any atom is 0.243 e. The van der Waals surface area contributed by atoms with Gasteiger partial charge in [0.1, 0.15) is 5.75 Å². The number of ether oxygens (including phenoxy) is 1. The van der Waals surface area contributed by atoms with Crippen molar-refractivity contribution >= 4 is 15.9 Å². The fraction of sp³-hybridized carbons (Fsp3) is 0.667. The van der Waals surface area contributed by atoms with E-state index in [1.54, 1.807) is 24.3 Å². The maximum absolute atomic E-state index is 12.9. The van der Waals surface area contributed by atoms with Gasteiger partial charge < -0.3 is 9.64 Å². The molecule has 0 bridgehead atoms. The van der Waals surface area contributed by atoms with E-state index in [0.717, 1.165) is 25.9 Å². The van der Waals surface area contributed by atoms with Gasteiger partial charge in [0.2, 0.25) is 15.9 Å². The minimum absolute atomic E-state index is 0.0498. The summed E-state index contributed by atoms with van der Waals surface area (Å²) in [4.78, 5) is 15.2. The molecule has 0 N–H and O–H groups in total. The smallest absolute Gasteiger partial charge is 0.243 e. The van der Waals surface area contributed by atoms with Crippen molar-refractivity contribution in [3.05, 3.63) is 24.3 Å². The van der Waals surface area contributed by atoms with E-state index in [2.05, 4.69) is 0 Å². The topological polar surface area (TPSA) is 66.9 Å². The molecule has 6 nitrogen and oxygen atoms in total. The zero-order valence-corrected chi connectivity index (χ0v) is 17.6. The molecule has 2 heterocycles. The number of carbonyl (C=O) groups is 1. The molecular formula is C21H32N2O4S. The third-order valence-electron chi connectivity index (χ3n) is 5.74. The van der Waals surface area contributed by atoms with Gasteiger partial charge in [-0.15, -0.1) is 0 Å². The van der Waals surface area contributed by atoms with Crippen molar-refractivity contribution in [1.82, 2.24) is 9.21 Å². The highest BCUT2D eigenvalue weighted by Gasteiger charge is 2.33. The molecule has 0 saturated carbocycles. The van der Waals surface area contributed by atoms with Crippen LogP contribution in [0.15, 0.2) is 29.2 Å². The molecule has 2 aliphatic rings. The van der Waals surface area contributed by atoms with Crippen molar-refractivity contribution in [3.8, 4) is 5.75 Å². The molecule has 156 valence electrons. The minimum Gasteiger partial charge on any atom is -0.494 e. The fourth-order valence-corrected chi connectivity index (χ4v) is 5.56. The molecular weight excluding hydrogens is 376 g/mol. The van der Waals surface area contributed by atoms with Gasteiger partial charge in [-0.25, -0.2) is 8.42 Å². The molecule has 0 aliphatic carbocycles. The second-order valence-electron chi connectivity index (χ2n) is 7.68. The predicted molar refractivity (Wildman–Crippen MR) is 109 cm³/mol. The van der Waals surface area contributed by atoms with Crippen molar-refractivity contribution in [2.75, 3.05) is 32.8 Å². The van der Waals surface area contributed by atoms with Crippen molar-refractivity contribution < 1.29 is 17.9 Å². The summed E-state index contributed by atoms with van der Waals surface area (Å²) in [5.41, 5.74) is 0. The Morgan fingerprint density at radius 2 is 1.54 bits per heavy atom. The van der Waals surface area contributed by atoms with E-state index >= 15 is 0 Å². The van der Waals surface area contributed by atoms with Crippen molar-refractivity contribution in [2.24, 2.45) is 5.92 Å². The number of piperidine rings is 1. The Kier molecular flexibility index (Phi) is 7.35. The molecule has 2 saturated heterocycles. The zero-order chi connectivity index (χ0) is 20.0. The van der Waals surface area contributed by atoms with Crippen LogP contribution in [0.4, 0.5) is 0 Å². The Hall–Kier alpha value is -1.60. The van der Waals surface area contributed by atoms with E-state index in [1.807, 2.05) is 11.8 Å². The van der Waals surface area contributed by atoms with Gasteiger partial charge in [-0.05, 0) is 56.9 Å². The molecule has 28 heavy (non-hydrogen) atoms. The SMILES string of the molecule is CCOc1ccc(S(=O)(=O)N2CCC(C(=O)N3CCCCCCC3)CC2)cc1. The second-order valence-corrected chi connectivity index (χ2v) is 9.61. The highest BCUT2D eigenvalue weighted by atomic mass is 32.2. The molecule has 0 atom stereocenters. The Balaban J connectivity index is 1.58. The molecule has 0 spiro atoms. The summed E-state index contributed by atoms with van der Waals surface area (Å²) in [5, 5.41) is 0. The third kappa shape index (κ3) is 5.06. The molecule has 1 aromatic carbocycles. The van der Waals surface area contributed by atoms with Crippen LogP contribution in [-0.4, -0.2) is 56.3 Å². The number of likely N-dealkylation sites (tertiary alicyclic amines) is 1. The Morgan fingerprint density at radius 1 is 0.964 bits per heavy atom. The normalized spacial score (nSPS) is 20.4. The average Bonchev–Trinajstić information content (AvgIpc) is 2.68. The summed E-state index contributed by atoms with van der Waals surface area (Å²) in [6, 6.07) is 6.57. The third-order valence-corrected chi connectivity index (χ3v) is 7.66. The van der Waals surface area contributed by atoms with E-state index in [1.165, 1.54) is 23.6 Å². The molecule has 0 aromatic heterocycles. The molecule has 0 radical (unpaired) electrons. The van der Waals surface area contributed by atoms with Gasteiger partial charge in [0, 0.05) is 32.1 Å². The van der Waals surface area contributed by atoms with Gasteiger partial charge in [-0.2, -0.15) is 4.31 Å². The van der Waals surface area contributed by atoms with Crippen LogP contribution in [0, 0.1) is 5.92 Å². The van der Waals surface area contributed by atoms with Gasteiger partial charge in [-0.3, -0.25) is 4.79 Å². The molecule has 3 rings (SSSR count). The van der Waals surface area contributed by atoms with Crippen LogP contribution in [0.2, 0.25) is 0 Å². The van der Waals surface area contributed by atoms with E-state index < -0.39 is 10.0 Å². The largest absolute Gasteiger partial charge is 0.494 e. The highest BCUT2D eigenvalue weighted by Crippen LogP contribution is 2.27. The van der Waals surface area contributed by atoms with Crippen LogP contribution >= 0.6 is 0 Å². The number of hydrogen-bond acceptors (Lipinski definition) is 4. The van der Waals surface area contributed by atoms with E-state index in [0.29, 0.717) is 38.3 Å². The Labute approximate surface area is 168 Å². The van der Waals surface area contributed by atoms with Gasteiger partial charge in [-0.1, -0.05) is 19.3 Å². The van der Waals surface area contributed by atoms with Crippen molar-refractivity contribution in [2.45, 2.75) is 56.8 Å². The van der Waals surface area contributed by atoms with Gasteiger partial charge >= 0.3 is 0 Å². The lowest BCUT2D eigenvalue weighted by molar-refractivity contribution is -0.137. The molecule has 2 aliphatic heterocycles. The first-order valence-electron chi connectivity index (χ1n) is 10.5. The number of nitrogens with zero attached hydrogens (tertiary/aromatic N) is 2. The number of benzene rings is 1. The number of hydrogen-bond donors (Lipinski definition) is 0. The fourth-order valence-electron chi connectivity index (χ4n) is 4.09. The van der Waals surface area contributed by atoms with Crippen LogP contribution in [0.3, 0.4) is 0 Å². The number of rotatable bonds is 5. The predicted octanol–water partition coefficient (Wildman–Crippen LogP) is 3.28. The monoisotopic (exact) mass is 408 g/mol. The lowest BCUT2D eigenvalue weighted by Crippen LogP contribution is -2.45. The van der Waals surface area contributed by atoms with E-state index in [-0.39, 0.29) is 16.7 Å². The standard InChI is InChI=1S/C21H32N2O4S/c1-2-27-19-8-10-20(11-9-19)28(25,26)23-16-12-18(13-17-23)21(24)22-14-6-4-3-5-7-15-22/h8-11,18H,2-7,12-17H2,1H3. The first-order valence-corrected chi connectivity index (χ1v) is 12.0. The van der Waals surface area contributed by atoms with Gasteiger partial charge in [0.15, 0.2) is 0 Å². The highest BCUT2D eigenvalue weighted by molar-refractivity contribution is 7.89. The van der Waals surface area contributed by atoms with Crippen LogP contribution < -0.4 is 4.74 Å². The van der Waals surface area contributed by atoms with Crippen molar-refractivity contribution in [3.63, 3.8) is 0 Å². The molecule has 1 amide bonds. The average molecular weight is 409 g/mol. The molecule has 7 heteroatoms. The van der Waals surface area contributed by atoms with E-state index in [9.17, 15) is 13.2 Å². The lowest BCUT2D eigenvalue weighted by atomic mass is 9.95. The summed E-state index contributed by atoms with van der Waals surface area (Å²) >= 11 is 0. The minimum atomic E-state index is -3.53. The van der Waals surface area contributed by atoms with Crippen LogP contribution in [0.1, 0.15) is 51.9 Å². The van der Waals surface area contributed by atoms with Crippen LogP contribution in [0.5, 0.6) is 5.75 Å². The molecule has 0 unspecified atom stereocenters. The van der Waals surface area contributed by atoms with Crippen LogP contribution in [-0.2, 0) is 14.8 Å². The van der Waals surface area contributed by atoms with Gasteiger partial charge in [0.05, 0.1) is 11.5 Å². The summed E-state index contributed by atoms with van der Waals surface area (Å²) in [6.07, 6.45) is 7.03. The first kappa shape index (κ1) is 21.1. The number of sulfonamides is 1. The summed E-state index contributed by atoms with van der Waals surface area (Å²) in [5.74, 6) is 0.838. The molecule has 1 aromatic rings. The Bertz CT molecular complexity index is 732. The molecule has 2 fully saturated rings. The Morgan fingerprint density at radius 3 is 2.11 bits per heavy atom. The number of carbonyl (C=O) groups excluding carboxylic acids is 1. The van der Waals surface area contributed by atoms with E-state index in [4.69, 9.17) is 4.74 Å². The van der Waals surface area contributed by atoms with Gasteiger partial charge in [0.25, 0.3) is 0 Å². The first-order chi connectivity index (χ1) is 13.5. The van der Waals surface area contributed by atoms with Crippen LogP contribution in [0.25, 0.3) is 0 Å². The summed E-state index contributed by atoms with van der Waals surface area (Å²) in [7, 11) is -3.53. The summed E-state index contributed by atoms with van der Waals surface area (Å²) in [6.45, 7) is 4.95. The summed E-state index contributed by atoms with van der Waals surface area (Å²) < 4.78 is 32.7. The second kappa shape index (κ2) is 9.74. The lowest BCUT2D eigenvalue weighted by Gasteiger charge is -2.34. The quantitative estimate of drug-likeness (QED) is 0.750. The zero-order valence-electron chi connectivity index (χ0n) is 16.8. The maximum atomic E-state index is 12.9. The van der Waals surface area contributed by atoms with Crippen molar-refractivity contribution in [1.29, 1.82) is 0 Å².